The zero-order chi connectivity index (χ0) is 26.0. The highest BCUT2D eigenvalue weighted by Gasteiger charge is 2.23. The van der Waals surface area contributed by atoms with Crippen molar-refractivity contribution in [3.8, 4) is 11.5 Å². The normalized spacial score (nSPS) is 15.6. The predicted octanol–water partition coefficient (Wildman–Crippen LogP) is 6.82. The number of fused-ring (bicyclic) bond motifs is 4. The number of benzene rings is 3. The highest BCUT2D eigenvalue weighted by atomic mass is 16.4. The van der Waals surface area contributed by atoms with Gasteiger partial charge in [-0.1, -0.05) is 48.6 Å². The summed E-state index contributed by atoms with van der Waals surface area (Å²) in [7, 11) is 0. The molecule has 5 aromatic rings. The van der Waals surface area contributed by atoms with Gasteiger partial charge in [0.2, 0.25) is 0 Å². The quantitative estimate of drug-likeness (QED) is 0.203. The Morgan fingerprint density at radius 3 is 2.05 bits per heavy atom. The van der Waals surface area contributed by atoms with Crippen LogP contribution in [0.1, 0.15) is 36.8 Å². The highest BCUT2D eigenvalue weighted by Crippen LogP contribution is 2.40. The molecule has 0 unspecified atom stereocenters. The Labute approximate surface area is 216 Å². The van der Waals surface area contributed by atoms with E-state index in [1.165, 1.54) is 12.1 Å². The summed E-state index contributed by atoms with van der Waals surface area (Å²) < 4.78 is 11.2. The summed E-state index contributed by atoms with van der Waals surface area (Å²) in [6, 6.07) is 18.0. The zero-order valence-electron chi connectivity index (χ0n) is 20.3. The Bertz CT molecular complexity index is 2030. The van der Waals surface area contributed by atoms with Crippen LogP contribution in [0, 0.1) is 0 Å². The smallest absolute Gasteiger partial charge is 0.343 e. The number of hydrogen-bond acceptors (Lipinski definition) is 6. The van der Waals surface area contributed by atoms with Crippen molar-refractivity contribution in [1.82, 2.24) is 0 Å². The van der Waals surface area contributed by atoms with Crippen LogP contribution >= 0.6 is 0 Å². The van der Waals surface area contributed by atoms with Crippen LogP contribution in [0.15, 0.2) is 102 Å². The first kappa shape index (κ1) is 22.4. The molecule has 3 aromatic carbocycles. The van der Waals surface area contributed by atoms with Crippen LogP contribution in [0.3, 0.4) is 0 Å². The summed E-state index contributed by atoms with van der Waals surface area (Å²) in [5.74, 6) is -0.315. The topological polar surface area (TPSA) is 101 Å². The maximum absolute atomic E-state index is 13.0. The standard InChI is InChI=1S/C32H22O6/c33-23-14-28(34)27-16-26(31(35)37-29(27)15-23)21-9-7-18-11-20(8-6-19(18)12-21)25-13-22-10-5-17-3-1-2-4-24(17)30(22)38-32(25)36/h1-5,10-16,33-34H,6-9H2. The van der Waals surface area contributed by atoms with E-state index in [4.69, 9.17) is 8.83 Å². The van der Waals surface area contributed by atoms with Gasteiger partial charge in [-0.3, -0.25) is 0 Å². The third-order valence-corrected chi connectivity index (χ3v) is 7.57. The van der Waals surface area contributed by atoms with Crippen LogP contribution in [0.2, 0.25) is 0 Å². The molecule has 0 bridgehead atoms. The number of rotatable bonds is 2. The number of phenolic OH excluding ortho intramolecular Hbond substituents is 2. The molecule has 2 N–H and O–H groups in total. The number of allylic oxidation sites excluding steroid dienone is 6. The molecule has 0 aliphatic heterocycles. The first-order chi connectivity index (χ1) is 18.4. The van der Waals surface area contributed by atoms with Crippen LogP contribution in [0.5, 0.6) is 11.5 Å². The Balaban J connectivity index is 1.28. The maximum Gasteiger partial charge on any atom is 0.343 e. The van der Waals surface area contributed by atoms with Crippen molar-refractivity contribution in [2.75, 3.05) is 0 Å². The van der Waals surface area contributed by atoms with E-state index in [2.05, 4.69) is 6.08 Å². The molecule has 6 heteroatoms. The zero-order valence-corrected chi connectivity index (χ0v) is 20.3. The molecule has 186 valence electrons. The Morgan fingerprint density at radius 2 is 1.29 bits per heavy atom. The van der Waals surface area contributed by atoms with E-state index in [1.807, 2.05) is 48.5 Å². The lowest BCUT2D eigenvalue weighted by molar-refractivity contribution is 0.451. The van der Waals surface area contributed by atoms with Gasteiger partial charge in [-0.25, -0.2) is 9.59 Å². The molecule has 7 rings (SSSR count). The van der Waals surface area contributed by atoms with E-state index in [0.29, 0.717) is 41.4 Å². The molecule has 0 radical (unpaired) electrons. The second-order valence-electron chi connectivity index (χ2n) is 9.87. The molecule has 2 heterocycles. The van der Waals surface area contributed by atoms with E-state index in [0.717, 1.165) is 44.9 Å². The summed E-state index contributed by atoms with van der Waals surface area (Å²) in [6.45, 7) is 0. The average Bonchev–Trinajstić information content (AvgIpc) is 2.91. The summed E-state index contributed by atoms with van der Waals surface area (Å²) in [5.41, 5.74) is 4.97. The predicted molar refractivity (Wildman–Crippen MR) is 147 cm³/mol. The van der Waals surface area contributed by atoms with Gasteiger partial charge in [0.15, 0.2) is 0 Å². The van der Waals surface area contributed by atoms with Gasteiger partial charge in [0, 0.05) is 22.9 Å². The van der Waals surface area contributed by atoms with Crippen LogP contribution < -0.4 is 11.3 Å². The van der Waals surface area contributed by atoms with E-state index in [-0.39, 0.29) is 22.7 Å². The summed E-state index contributed by atoms with van der Waals surface area (Å²) in [6.07, 6.45) is 6.86. The van der Waals surface area contributed by atoms with E-state index < -0.39 is 5.63 Å². The van der Waals surface area contributed by atoms with Crippen molar-refractivity contribution >= 4 is 43.9 Å². The van der Waals surface area contributed by atoms with Gasteiger partial charge in [-0.05, 0) is 65.5 Å². The van der Waals surface area contributed by atoms with E-state index >= 15 is 0 Å². The molecular weight excluding hydrogens is 480 g/mol. The lowest BCUT2D eigenvalue weighted by Gasteiger charge is -2.23. The molecule has 0 saturated carbocycles. The van der Waals surface area contributed by atoms with Crippen molar-refractivity contribution in [2.45, 2.75) is 25.7 Å². The molecule has 2 aromatic heterocycles. The molecule has 0 amide bonds. The monoisotopic (exact) mass is 502 g/mol. The Kier molecular flexibility index (Phi) is 4.91. The molecular formula is C32H22O6. The second kappa shape index (κ2) is 8.35. The van der Waals surface area contributed by atoms with Gasteiger partial charge >= 0.3 is 11.3 Å². The van der Waals surface area contributed by atoms with Crippen molar-refractivity contribution in [1.29, 1.82) is 0 Å². The average molecular weight is 503 g/mol. The lowest BCUT2D eigenvalue weighted by Crippen LogP contribution is -2.12. The molecule has 38 heavy (non-hydrogen) atoms. The minimum atomic E-state index is -0.508. The maximum atomic E-state index is 13.0. The van der Waals surface area contributed by atoms with E-state index in [9.17, 15) is 19.8 Å². The molecule has 6 nitrogen and oxygen atoms in total. The fourth-order valence-electron chi connectivity index (χ4n) is 5.66. The highest BCUT2D eigenvalue weighted by molar-refractivity contribution is 6.04. The minimum absolute atomic E-state index is 0.139. The fourth-order valence-corrected chi connectivity index (χ4v) is 5.66. The largest absolute Gasteiger partial charge is 0.508 e. The van der Waals surface area contributed by atoms with Crippen molar-refractivity contribution < 1.29 is 19.0 Å². The van der Waals surface area contributed by atoms with Gasteiger partial charge in [0.25, 0.3) is 0 Å². The molecule has 2 aliphatic carbocycles. The van der Waals surface area contributed by atoms with Gasteiger partial charge in [0.1, 0.15) is 22.7 Å². The molecule has 0 fully saturated rings. The summed E-state index contributed by atoms with van der Waals surface area (Å²) >= 11 is 0. The summed E-state index contributed by atoms with van der Waals surface area (Å²) in [5, 5.41) is 23.2. The molecule has 0 atom stereocenters. The SMILES string of the molecule is O=c1oc2cc(O)cc(O)c2cc1C1=CC2=C(C=C(c3cc4ccc5ccccc5c4oc3=O)CC2)CC1. The van der Waals surface area contributed by atoms with Crippen molar-refractivity contribution in [3.05, 3.63) is 116 Å². The molecule has 2 aliphatic rings. The van der Waals surface area contributed by atoms with Crippen molar-refractivity contribution in [2.24, 2.45) is 0 Å². The van der Waals surface area contributed by atoms with E-state index in [1.54, 1.807) is 6.07 Å². The van der Waals surface area contributed by atoms with Crippen LogP contribution in [0.4, 0.5) is 0 Å². The van der Waals surface area contributed by atoms with Gasteiger partial charge in [0.05, 0.1) is 16.5 Å². The van der Waals surface area contributed by atoms with Crippen LogP contribution in [0.25, 0.3) is 43.9 Å². The fraction of sp³-hybridized carbons (Fsp3) is 0.125. The number of hydrogen-bond donors (Lipinski definition) is 2. The first-order valence-electron chi connectivity index (χ1n) is 12.5. The van der Waals surface area contributed by atoms with Crippen LogP contribution in [-0.4, -0.2) is 10.2 Å². The van der Waals surface area contributed by atoms with Gasteiger partial charge in [-0.2, -0.15) is 0 Å². The first-order valence-corrected chi connectivity index (χ1v) is 12.5. The lowest BCUT2D eigenvalue weighted by atomic mass is 9.81. The Hall–Kier alpha value is -4.84. The number of phenols is 2. The van der Waals surface area contributed by atoms with Crippen molar-refractivity contribution in [3.63, 3.8) is 0 Å². The van der Waals surface area contributed by atoms with Gasteiger partial charge < -0.3 is 19.0 Å². The third kappa shape index (κ3) is 3.57. The minimum Gasteiger partial charge on any atom is -0.508 e. The number of aromatic hydroxyl groups is 2. The molecule has 0 spiro atoms. The molecule has 0 saturated heterocycles. The summed E-state index contributed by atoms with van der Waals surface area (Å²) in [4.78, 5) is 25.8. The van der Waals surface area contributed by atoms with Crippen LogP contribution in [-0.2, 0) is 0 Å². The third-order valence-electron chi connectivity index (χ3n) is 7.57. The second-order valence-corrected chi connectivity index (χ2v) is 9.87. The van der Waals surface area contributed by atoms with Gasteiger partial charge in [-0.15, -0.1) is 0 Å². The Morgan fingerprint density at radius 1 is 0.632 bits per heavy atom.